The van der Waals surface area contributed by atoms with Crippen molar-refractivity contribution in [3.8, 4) is 0 Å². The van der Waals surface area contributed by atoms with Gasteiger partial charge >= 0.3 is 5.97 Å². The number of hydrogen-bond acceptors (Lipinski definition) is 6. The third kappa shape index (κ3) is 2.81. The summed E-state index contributed by atoms with van der Waals surface area (Å²) in [6.07, 6.45) is 1.77. The standard InChI is InChI=1S/C14H12N4O3/c19-14(20)10-7-9-3-1-2-4-11(9)17-13(10)15-6-5-12-16-8-21-18-12/h1-4,7-8H,5-6H2,(H,15,17)(H,19,20). The van der Waals surface area contributed by atoms with Crippen molar-refractivity contribution in [1.29, 1.82) is 0 Å². The summed E-state index contributed by atoms with van der Waals surface area (Å²) in [6.45, 7) is 0.463. The number of para-hydroxylation sites is 1. The van der Waals surface area contributed by atoms with Crippen LogP contribution in [0.4, 0.5) is 5.82 Å². The number of fused-ring (bicyclic) bond motifs is 1. The molecule has 2 heterocycles. The highest BCUT2D eigenvalue weighted by Crippen LogP contribution is 2.20. The van der Waals surface area contributed by atoms with E-state index in [0.717, 1.165) is 10.9 Å². The first-order valence-electron chi connectivity index (χ1n) is 6.36. The number of benzene rings is 1. The number of carboxylic acids is 1. The van der Waals surface area contributed by atoms with Crippen molar-refractivity contribution in [3.63, 3.8) is 0 Å². The van der Waals surface area contributed by atoms with Crippen LogP contribution in [-0.2, 0) is 6.42 Å². The summed E-state index contributed by atoms with van der Waals surface area (Å²) in [5, 5.41) is 16.8. The molecule has 0 fully saturated rings. The molecule has 0 bridgehead atoms. The van der Waals surface area contributed by atoms with Crippen molar-refractivity contribution in [1.82, 2.24) is 15.1 Å². The molecule has 106 valence electrons. The Morgan fingerprint density at radius 2 is 2.19 bits per heavy atom. The molecule has 0 aliphatic carbocycles. The van der Waals surface area contributed by atoms with Gasteiger partial charge in [0, 0.05) is 18.4 Å². The van der Waals surface area contributed by atoms with Crippen molar-refractivity contribution in [2.45, 2.75) is 6.42 Å². The fourth-order valence-electron chi connectivity index (χ4n) is 2.01. The molecule has 7 nitrogen and oxygen atoms in total. The van der Waals surface area contributed by atoms with Crippen molar-refractivity contribution in [2.24, 2.45) is 0 Å². The van der Waals surface area contributed by atoms with Crippen LogP contribution < -0.4 is 5.32 Å². The average Bonchev–Trinajstić information content (AvgIpc) is 2.99. The van der Waals surface area contributed by atoms with Crippen LogP contribution in [-0.4, -0.2) is 32.7 Å². The second-order valence-corrected chi connectivity index (χ2v) is 4.41. The monoisotopic (exact) mass is 284 g/mol. The molecule has 0 amide bonds. The average molecular weight is 284 g/mol. The lowest BCUT2D eigenvalue weighted by molar-refractivity contribution is 0.0698. The Hall–Kier alpha value is -2.96. The van der Waals surface area contributed by atoms with Gasteiger partial charge in [-0.25, -0.2) is 9.78 Å². The third-order valence-corrected chi connectivity index (χ3v) is 3.00. The molecule has 0 aliphatic heterocycles. The second-order valence-electron chi connectivity index (χ2n) is 4.41. The first-order valence-corrected chi connectivity index (χ1v) is 6.36. The van der Waals surface area contributed by atoms with Crippen LogP contribution in [0.25, 0.3) is 10.9 Å². The van der Waals surface area contributed by atoms with E-state index in [9.17, 15) is 9.90 Å². The summed E-state index contributed by atoms with van der Waals surface area (Å²) in [6, 6.07) is 8.99. The number of rotatable bonds is 5. The normalized spacial score (nSPS) is 10.7. The summed E-state index contributed by atoms with van der Waals surface area (Å²) < 4.78 is 4.64. The van der Waals surface area contributed by atoms with Crippen LogP contribution in [0.15, 0.2) is 41.2 Å². The highest BCUT2D eigenvalue weighted by atomic mass is 16.5. The molecule has 21 heavy (non-hydrogen) atoms. The number of nitrogens with zero attached hydrogens (tertiary/aromatic N) is 3. The van der Waals surface area contributed by atoms with E-state index in [1.165, 1.54) is 6.39 Å². The van der Waals surface area contributed by atoms with Crippen LogP contribution in [0.5, 0.6) is 0 Å². The van der Waals surface area contributed by atoms with Crippen molar-refractivity contribution < 1.29 is 14.4 Å². The molecular formula is C14H12N4O3. The summed E-state index contributed by atoms with van der Waals surface area (Å²) in [5.41, 5.74) is 0.881. The van der Waals surface area contributed by atoms with Gasteiger partial charge in [0.25, 0.3) is 0 Å². The zero-order valence-electron chi connectivity index (χ0n) is 11.0. The first kappa shape index (κ1) is 13.0. The first-order chi connectivity index (χ1) is 10.2. The predicted molar refractivity (Wildman–Crippen MR) is 75.2 cm³/mol. The van der Waals surface area contributed by atoms with E-state index >= 15 is 0 Å². The topological polar surface area (TPSA) is 101 Å². The Morgan fingerprint density at radius 1 is 1.33 bits per heavy atom. The van der Waals surface area contributed by atoms with Gasteiger partial charge in [-0.3, -0.25) is 0 Å². The minimum atomic E-state index is -1.02. The molecule has 0 aliphatic rings. The molecule has 7 heteroatoms. The van der Waals surface area contributed by atoms with Gasteiger partial charge in [0.15, 0.2) is 5.82 Å². The summed E-state index contributed by atoms with van der Waals surface area (Å²) in [5.74, 6) is -0.125. The van der Waals surface area contributed by atoms with Crippen molar-refractivity contribution in [3.05, 3.63) is 48.1 Å². The van der Waals surface area contributed by atoms with E-state index in [4.69, 9.17) is 0 Å². The number of carboxylic acid groups (broad SMARTS) is 1. The summed E-state index contributed by atoms with van der Waals surface area (Å²) in [7, 11) is 0. The molecule has 2 aromatic heterocycles. The molecular weight excluding hydrogens is 272 g/mol. The van der Waals surface area contributed by atoms with E-state index in [2.05, 4.69) is 25.0 Å². The smallest absolute Gasteiger partial charge is 0.339 e. The molecule has 0 atom stereocenters. The Morgan fingerprint density at radius 3 is 2.95 bits per heavy atom. The zero-order valence-corrected chi connectivity index (χ0v) is 11.0. The van der Waals surface area contributed by atoms with Crippen LogP contribution in [0.2, 0.25) is 0 Å². The largest absolute Gasteiger partial charge is 0.478 e. The molecule has 0 radical (unpaired) electrons. The number of hydrogen-bond donors (Lipinski definition) is 2. The molecule has 3 rings (SSSR count). The number of carbonyl (C=O) groups is 1. The highest BCUT2D eigenvalue weighted by Gasteiger charge is 2.13. The minimum Gasteiger partial charge on any atom is -0.478 e. The van der Waals surface area contributed by atoms with E-state index in [1.54, 1.807) is 6.07 Å². The Balaban J connectivity index is 1.85. The Labute approximate surface area is 119 Å². The molecule has 0 spiro atoms. The van der Waals surface area contributed by atoms with E-state index < -0.39 is 5.97 Å². The van der Waals surface area contributed by atoms with Crippen molar-refractivity contribution >= 4 is 22.7 Å². The summed E-state index contributed by atoms with van der Waals surface area (Å²) >= 11 is 0. The maximum Gasteiger partial charge on any atom is 0.339 e. The molecule has 3 aromatic rings. The molecule has 0 unspecified atom stereocenters. The van der Waals surface area contributed by atoms with Gasteiger partial charge < -0.3 is 14.9 Å². The SMILES string of the molecule is O=C(O)c1cc2ccccc2nc1NCCc1ncon1. The quantitative estimate of drug-likeness (QED) is 0.738. The van der Waals surface area contributed by atoms with Gasteiger partial charge in [0.1, 0.15) is 11.4 Å². The zero-order chi connectivity index (χ0) is 14.7. The third-order valence-electron chi connectivity index (χ3n) is 3.00. The fraction of sp³-hybridized carbons (Fsp3) is 0.143. The van der Waals surface area contributed by atoms with Gasteiger partial charge in [-0.05, 0) is 12.1 Å². The lowest BCUT2D eigenvalue weighted by Gasteiger charge is -2.09. The Kier molecular flexibility index (Phi) is 3.46. The van der Waals surface area contributed by atoms with Crippen molar-refractivity contribution in [2.75, 3.05) is 11.9 Å². The number of nitrogens with one attached hydrogen (secondary N) is 1. The van der Waals surface area contributed by atoms with E-state index in [1.807, 2.05) is 24.3 Å². The highest BCUT2D eigenvalue weighted by molar-refractivity contribution is 5.98. The maximum absolute atomic E-state index is 11.3. The van der Waals surface area contributed by atoms with Gasteiger partial charge in [0.05, 0.1) is 5.52 Å². The van der Waals surface area contributed by atoms with Crippen LogP contribution in [0.3, 0.4) is 0 Å². The number of anilines is 1. The lowest BCUT2D eigenvalue weighted by Crippen LogP contribution is -2.12. The summed E-state index contributed by atoms with van der Waals surface area (Å²) in [4.78, 5) is 19.6. The van der Waals surface area contributed by atoms with Gasteiger partial charge in [-0.15, -0.1) is 0 Å². The van der Waals surface area contributed by atoms with E-state index in [0.29, 0.717) is 24.6 Å². The van der Waals surface area contributed by atoms with Crippen LogP contribution >= 0.6 is 0 Å². The minimum absolute atomic E-state index is 0.141. The number of aromatic carboxylic acids is 1. The van der Waals surface area contributed by atoms with Gasteiger partial charge in [-0.1, -0.05) is 23.4 Å². The fourth-order valence-corrected chi connectivity index (χ4v) is 2.01. The molecule has 0 saturated carbocycles. The predicted octanol–water partition coefficient (Wildman–Crippen LogP) is 1.97. The molecule has 1 aromatic carbocycles. The lowest BCUT2D eigenvalue weighted by atomic mass is 10.1. The van der Waals surface area contributed by atoms with E-state index in [-0.39, 0.29) is 5.56 Å². The number of pyridine rings is 1. The van der Waals surface area contributed by atoms with Gasteiger partial charge in [-0.2, -0.15) is 4.98 Å². The second kappa shape index (κ2) is 5.58. The number of aromatic nitrogens is 3. The maximum atomic E-state index is 11.3. The van der Waals surface area contributed by atoms with Crippen LogP contribution in [0.1, 0.15) is 16.2 Å². The van der Waals surface area contributed by atoms with Crippen LogP contribution in [0, 0.1) is 0 Å². The van der Waals surface area contributed by atoms with Gasteiger partial charge in [0.2, 0.25) is 6.39 Å². The molecule has 2 N–H and O–H groups in total. The molecule has 0 saturated heterocycles. The Bertz CT molecular complexity index is 771.